The van der Waals surface area contributed by atoms with Crippen LogP contribution < -0.4 is 15.5 Å². The van der Waals surface area contributed by atoms with Gasteiger partial charge in [0.1, 0.15) is 6.61 Å². The summed E-state index contributed by atoms with van der Waals surface area (Å²) in [6.45, 7) is 4.42. The Bertz CT molecular complexity index is 1200. The molecule has 2 aliphatic rings. The zero-order valence-electron chi connectivity index (χ0n) is 19.6. The Labute approximate surface area is 205 Å². The topological polar surface area (TPSA) is 71.4 Å². The number of nitrogens with zero attached hydrogens (tertiary/aromatic N) is 3. The molecule has 3 heterocycles. The number of aromatic nitrogens is 2. The average Bonchev–Trinajstić information content (AvgIpc) is 3.54. The van der Waals surface area contributed by atoms with Crippen molar-refractivity contribution in [1.82, 2.24) is 14.9 Å². The van der Waals surface area contributed by atoms with Gasteiger partial charge in [-0.2, -0.15) is 0 Å². The molecule has 1 aliphatic carbocycles. The lowest BCUT2D eigenvalue weighted by Gasteiger charge is -2.28. The van der Waals surface area contributed by atoms with Crippen LogP contribution in [-0.4, -0.2) is 34.3 Å². The minimum Gasteiger partial charge on any atom is -0.375 e. The van der Waals surface area contributed by atoms with Gasteiger partial charge in [0, 0.05) is 42.1 Å². The van der Waals surface area contributed by atoms with Gasteiger partial charge in [0.25, 0.3) is 0 Å². The molecule has 1 aliphatic heterocycles. The maximum atomic E-state index is 11.9. The van der Waals surface area contributed by atoms with Gasteiger partial charge in [-0.1, -0.05) is 6.07 Å². The number of thiocarbonyl (C=S) groups is 1. The van der Waals surface area contributed by atoms with E-state index < -0.39 is 0 Å². The van der Waals surface area contributed by atoms with E-state index in [2.05, 4.69) is 45.0 Å². The fourth-order valence-corrected chi connectivity index (χ4v) is 5.33. The van der Waals surface area contributed by atoms with Crippen LogP contribution >= 0.6 is 12.2 Å². The van der Waals surface area contributed by atoms with Crippen LogP contribution in [0.3, 0.4) is 0 Å². The summed E-state index contributed by atoms with van der Waals surface area (Å²) in [7, 11) is 1.50. The molecule has 1 amide bonds. The monoisotopic (exact) mass is 475 g/mol. The predicted molar refractivity (Wildman–Crippen MR) is 137 cm³/mol. The molecular formula is C26H29N5O2S. The number of hydrogen-bond acceptors (Lipinski definition) is 4. The highest BCUT2D eigenvalue weighted by atomic mass is 32.1. The molecule has 34 heavy (non-hydrogen) atoms. The van der Waals surface area contributed by atoms with Crippen LogP contribution in [0.2, 0.25) is 0 Å². The van der Waals surface area contributed by atoms with Crippen molar-refractivity contribution in [2.75, 3.05) is 23.9 Å². The second-order valence-electron chi connectivity index (χ2n) is 8.95. The second-order valence-corrected chi connectivity index (χ2v) is 9.34. The normalized spacial score (nSPS) is 19.9. The van der Waals surface area contributed by atoms with Crippen molar-refractivity contribution in [2.24, 2.45) is 0 Å². The maximum Gasteiger partial charge on any atom is 0.250 e. The van der Waals surface area contributed by atoms with Crippen LogP contribution in [0, 0.1) is 13.8 Å². The van der Waals surface area contributed by atoms with Crippen LogP contribution in [0.1, 0.15) is 53.6 Å². The minimum absolute atomic E-state index is 0.0202. The number of methoxy groups -OCH3 is 1. The van der Waals surface area contributed by atoms with Gasteiger partial charge in [0.15, 0.2) is 5.11 Å². The number of aryl methyl sites for hydroxylation is 1. The van der Waals surface area contributed by atoms with E-state index in [1.807, 2.05) is 48.7 Å². The van der Waals surface area contributed by atoms with Crippen molar-refractivity contribution in [2.45, 2.75) is 44.8 Å². The highest BCUT2D eigenvalue weighted by Crippen LogP contribution is 2.46. The number of ether oxygens (including phenoxy) is 1. The Kier molecular flexibility index (Phi) is 6.10. The first-order valence-electron chi connectivity index (χ1n) is 11.6. The van der Waals surface area contributed by atoms with Crippen LogP contribution in [0.15, 0.2) is 54.7 Å². The standard InChI is InChI=1S/C26H29N5O2S/c1-16-14-21(17(2)30(16)19-11-12-19)25-24(22-6-4-5-13-27-22)29-26(34)31(25)20-9-7-18(8-10-20)28-23(32)15-33-3/h4-10,13-14,19,24-25H,11-12,15H2,1-3H3,(H,28,32)(H,29,34)/t24-,25+/m0/s1. The minimum atomic E-state index is -0.186. The summed E-state index contributed by atoms with van der Waals surface area (Å²) in [4.78, 5) is 18.7. The van der Waals surface area contributed by atoms with Gasteiger partial charge in [-0.25, -0.2) is 0 Å². The summed E-state index contributed by atoms with van der Waals surface area (Å²) in [6, 6.07) is 16.5. The molecule has 0 bridgehead atoms. The highest BCUT2D eigenvalue weighted by Gasteiger charge is 2.43. The summed E-state index contributed by atoms with van der Waals surface area (Å²) in [5.74, 6) is -0.186. The lowest BCUT2D eigenvalue weighted by molar-refractivity contribution is -0.119. The van der Waals surface area contributed by atoms with Gasteiger partial charge in [-0.3, -0.25) is 9.78 Å². The van der Waals surface area contributed by atoms with Gasteiger partial charge in [0.2, 0.25) is 5.91 Å². The second kappa shape index (κ2) is 9.19. The summed E-state index contributed by atoms with van der Waals surface area (Å²) in [5.41, 5.74) is 6.45. The molecule has 1 saturated carbocycles. The molecule has 0 radical (unpaired) electrons. The molecule has 2 N–H and O–H groups in total. The maximum absolute atomic E-state index is 11.9. The van der Waals surface area contributed by atoms with E-state index >= 15 is 0 Å². The van der Waals surface area contributed by atoms with Gasteiger partial charge in [0.05, 0.1) is 17.8 Å². The molecule has 176 valence electrons. The molecule has 8 heteroatoms. The van der Waals surface area contributed by atoms with E-state index in [0.717, 1.165) is 11.4 Å². The molecule has 1 saturated heterocycles. The lowest BCUT2D eigenvalue weighted by Crippen LogP contribution is -2.29. The van der Waals surface area contributed by atoms with E-state index in [9.17, 15) is 4.79 Å². The van der Waals surface area contributed by atoms with Crippen molar-refractivity contribution in [1.29, 1.82) is 0 Å². The Morgan fingerprint density at radius 2 is 1.97 bits per heavy atom. The fourth-order valence-electron chi connectivity index (χ4n) is 4.98. The Balaban J connectivity index is 1.53. The molecule has 7 nitrogen and oxygen atoms in total. The molecular weight excluding hydrogens is 446 g/mol. The summed E-state index contributed by atoms with van der Waals surface area (Å²) >= 11 is 5.85. The number of nitrogens with one attached hydrogen (secondary N) is 2. The number of rotatable bonds is 7. The number of carbonyl (C=O) groups excluding carboxylic acids is 1. The number of anilines is 2. The predicted octanol–water partition coefficient (Wildman–Crippen LogP) is 4.60. The first-order chi connectivity index (χ1) is 16.5. The molecule has 2 aromatic heterocycles. The number of pyridine rings is 1. The van der Waals surface area contributed by atoms with E-state index in [1.54, 1.807) is 0 Å². The molecule has 5 rings (SSSR count). The van der Waals surface area contributed by atoms with E-state index in [-0.39, 0.29) is 24.6 Å². The van der Waals surface area contributed by atoms with Gasteiger partial charge in [-0.15, -0.1) is 0 Å². The van der Waals surface area contributed by atoms with Gasteiger partial charge in [-0.05, 0) is 86.9 Å². The molecule has 3 aromatic rings. The molecule has 0 spiro atoms. The third-order valence-corrected chi connectivity index (χ3v) is 6.87. The first kappa shape index (κ1) is 22.6. The quantitative estimate of drug-likeness (QED) is 0.487. The Morgan fingerprint density at radius 3 is 2.62 bits per heavy atom. The van der Waals surface area contributed by atoms with Crippen LogP contribution in [0.5, 0.6) is 0 Å². The van der Waals surface area contributed by atoms with Crippen LogP contribution in [0.4, 0.5) is 11.4 Å². The largest absolute Gasteiger partial charge is 0.375 e. The fraction of sp³-hybridized carbons (Fsp3) is 0.346. The number of carbonyl (C=O) groups is 1. The third kappa shape index (κ3) is 4.19. The SMILES string of the molecule is COCC(=O)Nc1ccc(N2C(=S)N[C@@H](c3ccccn3)[C@H]2c2cc(C)n(C3CC3)c2C)cc1. The average molecular weight is 476 g/mol. The molecule has 2 atom stereocenters. The number of hydrogen-bond donors (Lipinski definition) is 2. The van der Waals surface area contributed by atoms with Crippen molar-refractivity contribution in [3.05, 3.63) is 77.4 Å². The van der Waals surface area contributed by atoms with Crippen molar-refractivity contribution >= 4 is 34.6 Å². The zero-order chi connectivity index (χ0) is 23.8. The zero-order valence-corrected chi connectivity index (χ0v) is 20.4. The van der Waals surface area contributed by atoms with E-state index in [4.69, 9.17) is 17.0 Å². The summed E-state index contributed by atoms with van der Waals surface area (Å²) in [6.07, 6.45) is 4.30. The van der Waals surface area contributed by atoms with Crippen molar-refractivity contribution in [3.63, 3.8) is 0 Å². The Morgan fingerprint density at radius 1 is 1.21 bits per heavy atom. The Hall–Kier alpha value is -3.23. The number of benzene rings is 1. The van der Waals surface area contributed by atoms with Gasteiger partial charge >= 0.3 is 0 Å². The molecule has 0 unspecified atom stereocenters. The third-order valence-electron chi connectivity index (χ3n) is 6.56. The smallest absolute Gasteiger partial charge is 0.250 e. The first-order valence-corrected chi connectivity index (χ1v) is 12.0. The van der Waals surface area contributed by atoms with Crippen LogP contribution in [0.25, 0.3) is 0 Å². The highest BCUT2D eigenvalue weighted by molar-refractivity contribution is 7.80. The van der Waals surface area contributed by atoms with Crippen molar-refractivity contribution < 1.29 is 9.53 Å². The van der Waals surface area contributed by atoms with Crippen LogP contribution in [-0.2, 0) is 9.53 Å². The summed E-state index contributed by atoms with van der Waals surface area (Å²) < 4.78 is 7.37. The van der Waals surface area contributed by atoms with E-state index in [1.165, 1.54) is 36.9 Å². The van der Waals surface area contributed by atoms with Gasteiger partial charge < -0.3 is 24.8 Å². The molecule has 2 fully saturated rings. The lowest BCUT2D eigenvalue weighted by atomic mass is 9.96. The molecule has 1 aromatic carbocycles. The van der Waals surface area contributed by atoms with Crippen molar-refractivity contribution in [3.8, 4) is 0 Å². The summed E-state index contributed by atoms with van der Waals surface area (Å²) in [5, 5.41) is 7.04. The van der Waals surface area contributed by atoms with E-state index in [0.29, 0.717) is 16.8 Å². The number of amides is 1.